The minimum atomic E-state index is -0.158. The van der Waals surface area contributed by atoms with Crippen LogP contribution in [0.2, 0.25) is 0 Å². The number of rotatable bonds is 8. The fourth-order valence-corrected chi connectivity index (χ4v) is 4.64. The molecule has 0 spiro atoms. The van der Waals surface area contributed by atoms with Crippen molar-refractivity contribution in [3.05, 3.63) is 64.4 Å². The van der Waals surface area contributed by atoms with Crippen molar-refractivity contribution in [3.8, 4) is 5.75 Å². The van der Waals surface area contributed by atoms with E-state index in [1.165, 1.54) is 22.3 Å². The molecule has 3 rings (SSSR count). The molecule has 0 fully saturated rings. The number of carbonyl (C=O) groups is 2. The third-order valence-corrected chi connectivity index (χ3v) is 6.49. The predicted molar refractivity (Wildman–Crippen MR) is 121 cm³/mol. The molecule has 1 aromatic heterocycles. The van der Waals surface area contributed by atoms with Gasteiger partial charge in [-0.25, -0.2) is 0 Å². The maximum absolute atomic E-state index is 13.1. The maximum atomic E-state index is 13.1. The summed E-state index contributed by atoms with van der Waals surface area (Å²) in [5.74, 6) is 1.08. The Hall–Kier alpha value is -2.60. The molecule has 2 amide bonds. The number of fused-ring (bicyclic) bond motifs is 1. The second-order valence-electron chi connectivity index (χ2n) is 7.88. The number of thiophene rings is 1. The van der Waals surface area contributed by atoms with Crippen LogP contribution >= 0.6 is 11.3 Å². The first-order chi connectivity index (χ1) is 14.4. The van der Waals surface area contributed by atoms with E-state index in [2.05, 4.69) is 44.0 Å². The minimum absolute atomic E-state index is 0.0560. The number of ether oxygens (including phenoxy) is 1. The summed E-state index contributed by atoms with van der Waals surface area (Å²) >= 11 is 1.73. The van der Waals surface area contributed by atoms with E-state index in [0.29, 0.717) is 25.6 Å². The standard InChI is InChI=1S/C24H30N2O3S/c1-5-12-25(18(4)27)15-24(28)26-13-10-23-21(11-14-30-23)22(26)16-29-20-8-6-19(7-9-20)17(2)3/h5-9,11,14,17,22H,1,10,12-13,15-16H2,2-4H3/t22-/m1/s1. The summed E-state index contributed by atoms with van der Waals surface area (Å²) in [7, 11) is 0. The molecule has 0 radical (unpaired) electrons. The molecule has 0 aliphatic carbocycles. The molecule has 30 heavy (non-hydrogen) atoms. The number of hydrogen-bond acceptors (Lipinski definition) is 4. The third kappa shape index (κ3) is 5.11. The van der Waals surface area contributed by atoms with Gasteiger partial charge in [-0.2, -0.15) is 0 Å². The maximum Gasteiger partial charge on any atom is 0.242 e. The molecule has 1 atom stereocenters. The monoisotopic (exact) mass is 426 g/mol. The Bertz CT molecular complexity index is 888. The topological polar surface area (TPSA) is 49.9 Å². The zero-order chi connectivity index (χ0) is 21.7. The molecular formula is C24H30N2O3S. The van der Waals surface area contributed by atoms with E-state index in [9.17, 15) is 9.59 Å². The Morgan fingerprint density at radius 1 is 1.30 bits per heavy atom. The Kier molecular flexibility index (Phi) is 7.32. The van der Waals surface area contributed by atoms with E-state index >= 15 is 0 Å². The lowest BCUT2D eigenvalue weighted by atomic mass is 10.00. The summed E-state index contributed by atoms with van der Waals surface area (Å²) in [6, 6.07) is 10.1. The van der Waals surface area contributed by atoms with Gasteiger partial charge in [-0.1, -0.05) is 32.1 Å². The van der Waals surface area contributed by atoms with Gasteiger partial charge in [0.2, 0.25) is 11.8 Å². The van der Waals surface area contributed by atoms with Gasteiger partial charge in [0.25, 0.3) is 0 Å². The van der Waals surface area contributed by atoms with Gasteiger partial charge in [0, 0.05) is 24.9 Å². The number of carbonyl (C=O) groups excluding carboxylic acids is 2. The Morgan fingerprint density at radius 3 is 2.67 bits per heavy atom. The van der Waals surface area contributed by atoms with Crippen LogP contribution in [0.4, 0.5) is 0 Å². The molecule has 2 heterocycles. The van der Waals surface area contributed by atoms with Crippen molar-refractivity contribution in [1.82, 2.24) is 9.80 Å². The summed E-state index contributed by atoms with van der Waals surface area (Å²) in [5, 5.41) is 2.07. The van der Waals surface area contributed by atoms with Crippen LogP contribution in [-0.4, -0.2) is 47.9 Å². The average molecular weight is 427 g/mol. The molecule has 0 saturated heterocycles. The molecule has 1 aliphatic rings. The number of benzene rings is 1. The molecule has 160 valence electrons. The molecule has 0 bridgehead atoms. The summed E-state index contributed by atoms with van der Waals surface area (Å²) < 4.78 is 6.10. The highest BCUT2D eigenvalue weighted by Gasteiger charge is 2.33. The first-order valence-electron chi connectivity index (χ1n) is 10.4. The molecule has 0 unspecified atom stereocenters. The van der Waals surface area contributed by atoms with E-state index < -0.39 is 0 Å². The zero-order valence-corrected chi connectivity index (χ0v) is 18.8. The first kappa shape index (κ1) is 22.1. The van der Waals surface area contributed by atoms with Crippen molar-refractivity contribution >= 4 is 23.2 Å². The van der Waals surface area contributed by atoms with Crippen molar-refractivity contribution in [3.63, 3.8) is 0 Å². The highest BCUT2D eigenvalue weighted by Crippen LogP contribution is 2.34. The number of hydrogen-bond donors (Lipinski definition) is 0. The summed E-state index contributed by atoms with van der Waals surface area (Å²) in [6.45, 7) is 10.9. The van der Waals surface area contributed by atoms with Gasteiger partial charge in [-0.15, -0.1) is 17.9 Å². The van der Waals surface area contributed by atoms with Crippen molar-refractivity contribution < 1.29 is 14.3 Å². The third-order valence-electron chi connectivity index (χ3n) is 5.49. The van der Waals surface area contributed by atoms with Gasteiger partial charge in [0.15, 0.2) is 0 Å². The van der Waals surface area contributed by atoms with Crippen molar-refractivity contribution in [2.75, 3.05) is 26.2 Å². The molecule has 1 aromatic carbocycles. The smallest absolute Gasteiger partial charge is 0.242 e. The van der Waals surface area contributed by atoms with E-state index in [4.69, 9.17) is 4.74 Å². The van der Waals surface area contributed by atoms with Crippen molar-refractivity contribution in [1.29, 1.82) is 0 Å². The minimum Gasteiger partial charge on any atom is -0.491 e. The van der Waals surface area contributed by atoms with Gasteiger partial charge >= 0.3 is 0 Å². The summed E-state index contributed by atoms with van der Waals surface area (Å²) in [6.07, 6.45) is 2.48. The van der Waals surface area contributed by atoms with Crippen LogP contribution < -0.4 is 4.74 Å². The number of nitrogens with zero attached hydrogens (tertiary/aromatic N) is 2. The van der Waals surface area contributed by atoms with Gasteiger partial charge < -0.3 is 14.5 Å². The fraction of sp³-hybridized carbons (Fsp3) is 0.417. The molecule has 6 heteroatoms. The highest BCUT2D eigenvalue weighted by molar-refractivity contribution is 7.10. The van der Waals surface area contributed by atoms with Crippen LogP contribution in [0.5, 0.6) is 5.75 Å². The normalized spacial score (nSPS) is 15.6. The van der Waals surface area contributed by atoms with Crippen molar-refractivity contribution in [2.24, 2.45) is 0 Å². The second-order valence-corrected chi connectivity index (χ2v) is 8.88. The van der Waals surface area contributed by atoms with Crippen LogP contribution in [0.25, 0.3) is 0 Å². The predicted octanol–water partition coefficient (Wildman–Crippen LogP) is 4.41. The van der Waals surface area contributed by atoms with Gasteiger partial charge in [-0.3, -0.25) is 9.59 Å². The molecule has 2 aromatic rings. The lowest BCUT2D eigenvalue weighted by molar-refractivity contribution is -0.141. The van der Waals surface area contributed by atoms with E-state index in [0.717, 1.165) is 17.7 Å². The average Bonchev–Trinajstić information content (AvgIpc) is 3.20. The quantitative estimate of drug-likeness (QED) is 0.588. The van der Waals surface area contributed by atoms with E-state index in [1.807, 2.05) is 17.0 Å². The van der Waals surface area contributed by atoms with Gasteiger partial charge in [0.05, 0.1) is 6.04 Å². The second kappa shape index (κ2) is 9.94. The lowest BCUT2D eigenvalue weighted by Gasteiger charge is -2.37. The summed E-state index contributed by atoms with van der Waals surface area (Å²) in [5.41, 5.74) is 2.42. The van der Waals surface area contributed by atoms with E-state index in [-0.39, 0.29) is 24.4 Å². The Labute approximate surface area is 182 Å². The van der Waals surface area contributed by atoms with Crippen LogP contribution in [0.1, 0.15) is 48.7 Å². The first-order valence-corrected chi connectivity index (χ1v) is 11.2. The molecular weight excluding hydrogens is 396 g/mol. The number of amides is 2. The van der Waals surface area contributed by atoms with E-state index in [1.54, 1.807) is 17.4 Å². The molecule has 0 saturated carbocycles. The SMILES string of the molecule is C=CCN(CC(=O)N1CCc2sccc2[C@H]1COc1ccc(C(C)C)cc1)C(C)=O. The summed E-state index contributed by atoms with van der Waals surface area (Å²) in [4.78, 5) is 29.6. The highest BCUT2D eigenvalue weighted by atomic mass is 32.1. The van der Waals surface area contributed by atoms with Crippen LogP contribution in [0.3, 0.4) is 0 Å². The molecule has 0 N–H and O–H groups in total. The Morgan fingerprint density at radius 2 is 2.03 bits per heavy atom. The van der Waals surface area contributed by atoms with Crippen LogP contribution in [0, 0.1) is 0 Å². The van der Waals surface area contributed by atoms with Gasteiger partial charge in [0.1, 0.15) is 18.9 Å². The Balaban J connectivity index is 1.75. The van der Waals surface area contributed by atoms with Crippen molar-refractivity contribution in [2.45, 2.75) is 39.2 Å². The molecule has 1 aliphatic heterocycles. The van der Waals surface area contributed by atoms with Crippen LogP contribution in [-0.2, 0) is 16.0 Å². The zero-order valence-electron chi connectivity index (χ0n) is 18.0. The largest absolute Gasteiger partial charge is 0.491 e. The molecule has 5 nitrogen and oxygen atoms in total. The van der Waals surface area contributed by atoms with Gasteiger partial charge in [-0.05, 0) is 47.0 Å². The fourth-order valence-electron chi connectivity index (χ4n) is 3.71. The van der Waals surface area contributed by atoms with Crippen LogP contribution in [0.15, 0.2) is 48.4 Å². The lowest BCUT2D eigenvalue weighted by Crippen LogP contribution is -2.47.